The lowest BCUT2D eigenvalue weighted by molar-refractivity contribution is -0.148. The second-order valence-corrected chi connectivity index (χ2v) is 5.79. The number of unbranched alkanes of at least 4 members (excludes halogenated alkanes) is 2. The summed E-state index contributed by atoms with van der Waals surface area (Å²) in [6.07, 6.45) is 1.74. The standard InChI is InChI=1S/C15H26N2O9/c18-7-3-1-2-4-11(15(25)26)17(10-14(23)24)6-5-16(8-12(19)20)9-13(21)22/h11,18H,1-10H2,(H,19,20)(H,21,22)(H,23,24)(H,25,26). The van der Waals surface area contributed by atoms with E-state index in [2.05, 4.69) is 0 Å². The zero-order valence-electron chi connectivity index (χ0n) is 14.4. The van der Waals surface area contributed by atoms with Crippen molar-refractivity contribution in [2.45, 2.75) is 31.7 Å². The second-order valence-electron chi connectivity index (χ2n) is 5.79. The van der Waals surface area contributed by atoms with Gasteiger partial charge in [0, 0.05) is 19.7 Å². The molecule has 0 spiro atoms. The lowest BCUT2D eigenvalue weighted by Gasteiger charge is -2.29. The highest BCUT2D eigenvalue weighted by atomic mass is 16.4. The van der Waals surface area contributed by atoms with Gasteiger partial charge in [-0.05, 0) is 12.8 Å². The first-order chi connectivity index (χ1) is 12.2. The minimum absolute atomic E-state index is 0.0179. The third kappa shape index (κ3) is 11.3. The number of hydrogen-bond acceptors (Lipinski definition) is 7. The Morgan fingerprint density at radius 3 is 1.69 bits per heavy atom. The van der Waals surface area contributed by atoms with Crippen LogP contribution in [0.3, 0.4) is 0 Å². The van der Waals surface area contributed by atoms with E-state index in [0.717, 1.165) is 4.90 Å². The van der Waals surface area contributed by atoms with Crippen LogP contribution in [0.1, 0.15) is 25.7 Å². The zero-order valence-corrected chi connectivity index (χ0v) is 14.4. The highest BCUT2D eigenvalue weighted by Crippen LogP contribution is 2.11. The number of carbonyl (C=O) groups is 4. The molecule has 0 aliphatic heterocycles. The molecule has 0 aromatic heterocycles. The van der Waals surface area contributed by atoms with Gasteiger partial charge >= 0.3 is 23.9 Å². The molecular formula is C15H26N2O9. The Balaban J connectivity index is 4.99. The molecule has 0 rings (SSSR count). The van der Waals surface area contributed by atoms with Gasteiger partial charge in [-0.15, -0.1) is 0 Å². The molecule has 0 aliphatic carbocycles. The quantitative estimate of drug-likeness (QED) is 0.205. The Labute approximate surface area is 150 Å². The highest BCUT2D eigenvalue weighted by Gasteiger charge is 2.27. The summed E-state index contributed by atoms with van der Waals surface area (Å²) in [7, 11) is 0. The molecule has 11 heteroatoms. The van der Waals surface area contributed by atoms with Crippen molar-refractivity contribution in [1.29, 1.82) is 0 Å². The van der Waals surface area contributed by atoms with E-state index >= 15 is 0 Å². The van der Waals surface area contributed by atoms with Crippen molar-refractivity contribution in [2.24, 2.45) is 0 Å². The van der Waals surface area contributed by atoms with E-state index in [1.807, 2.05) is 0 Å². The predicted octanol–water partition coefficient (Wildman–Crippen LogP) is -1.15. The molecule has 0 saturated heterocycles. The lowest BCUT2D eigenvalue weighted by atomic mass is 10.1. The maximum absolute atomic E-state index is 11.5. The predicted molar refractivity (Wildman–Crippen MR) is 87.9 cm³/mol. The summed E-state index contributed by atoms with van der Waals surface area (Å²) in [5.41, 5.74) is 0. The normalized spacial score (nSPS) is 12.3. The summed E-state index contributed by atoms with van der Waals surface area (Å²) in [6, 6.07) is -1.10. The molecule has 0 saturated carbocycles. The van der Waals surface area contributed by atoms with Gasteiger partial charge in [0.05, 0.1) is 19.6 Å². The first kappa shape index (κ1) is 23.8. The minimum Gasteiger partial charge on any atom is -0.480 e. The van der Waals surface area contributed by atoms with Crippen LogP contribution >= 0.6 is 0 Å². The van der Waals surface area contributed by atoms with Crippen LogP contribution in [0.5, 0.6) is 0 Å². The van der Waals surface area contributed by atoms with Crippen molar-refractivity contribution in [1.82, 2.24) is 9.80 Å². The average Bonchev–Trinajstić information content (AvgIpc) is 2.49. The van der Waals surface area contributed by atoms with Gasteiger partial charge in [0.2, 0.25) is 0 Å². The van der Waals surface area contributed by atoms with Crippen molar-refractivity contribution < 1.29 is 44.7 Å². The summed E-state index contributed by atoms with van der Waals surface area (Å²) in [5, 5.41) is 44.8. The Bertz CT molecular complexity index is 468. The molecule has 26 heavy (non-hydrogen) atoms. The second kappa shape index (κ2) is 13.0. The van der Waals surface area contributed by atoms with E-state index in [1.54, 1.807) is 0 Å². The summed E-state index contributed by atoms with van der Waals surface area (Å²) >= 11 is 0. The van der Waals surface area contributed by atoms with Gasteiger partial charge < -0.3 is 25.5 Å². The van der Waals surface area contributed by atoms with Crippen molar-refractivity contribution in [3.63, 3.8) is 0 Å². The summed E-state index contributed by atoms with van der Waals surface area (Å²) in [5.74, 6) is -4.93. The Hall–Kier alpha value is -2.24. The molecule has 1 atom stereocenters. The third-order valence-corrected chi connectivity index (χ3v) is 3.62. The molecule has 0 amide bonds. The average molecular weight is 378 g/mol. The van der Waals surface area contributed by atoms with Crippen molar-refractivity contribution in [2.75, 3.05) is 39.3 Å². The van der Waals surface area contributed by atoms with Crippen LogP contribution in [0.25, 0.3) is 0 Å². The number of hydrogen-bond donors (Lipinski definition) is 5. The molecule has 11 nitrogen and oxygen atoms in total. The Kier molecular flexibility index (Phi) is 11.9. The van der Waals surface area contributed by atoms with Gasteiger partial charge in [0.25, 0.3) is 0 Å². The van der Waals surface area contributed by atoms with Gasteiger partial charge in [-0.1, -0.05) is 12.8 Å². The van der Waals surface area contributed by atoms with Crippen molar-refractivity contribution in [3.8, 4) is 0 Å². The number of aliphatic hydroxyl groups excluding tert-OH is 1. The van der Waals surface area contributed by atoms with E-state index < -0.39 is 49.6 Å². The molecule has 0 aromatic rings. The van der Waals surface area contributed by atoms with Crippen LogP contribution in [0, 0.1) is 0 Å². The number of nitrogens with zero attached hydrogens (tertiary/aromatic N) is 2. The molecule has 0 radical (unpaired) electrons. The van der Waals surface area contributed by atoms with Gasteiger partial charge in [-0.2, -0.15) is 0 Å². The zero-order chi connectivity index (χ0) is 20.1. The molecule has 150 valence electrons. The topological polar surface area (TPSA) is 176 Å². The van der Waals surface area contributed by atoms with Gasteiger partial charge in [0.1, 0.15) is 6.04 Å². The fraction of sp³-hybridized carbons (Fsp3) is 0.733. The molecule has 0 fully saturated rings. The van der Waals surface area contributed by atoms with Gasteiger partial charge in [-0.3, -0.25) is 29.0 Å². The summed E-state index contributed by atoms with van der Waals surface area (Å²) in [4.78, 5) is 46.4. The molecule has 0 aliphatic rings. The van der Waals surface area contributed by atoms with Crippen LogP contribution in [0.2, 0.25) is 0 Å². The van der Waals surface area contributed by atoms with Crippen molar-refractivity contribution >= 4 is 23.9 Å². The Morgan fingerprint density at radius 1 is 0.731 bits per heavy atom. The molecular weight excluding hydrogens is 352 g/mol. The monoisotopic (exact) mass is 378 g/mol. The molecule has 0 heterocycles. The van der Waals surface area contributed by atoms with E-state index in [0.29, 0.717) is 19.3 Å². The Morgan fingerprint density at radius 2 is 1.27 bits per heavy atom. The fourth-order valence-electron chi connectivity index (χ4n) is 2.47. The van der Waals surface area contributed by atoms with Gasteiger partial charge in [0.15, 0.2) is 0 Å². The van der Waals surface area contributed by atoms with Crippen molar-refractivity contribution in [3.05, 3.63) is 0 Å². The summed E-state index contributed by atoms with van der Waals surface area (Å²) < 4.78 is 0. The van der Waals surface area contributed by atoms with E-state index in [-0.39, 0.29) is 26.1 Å². The number of aliphatic carboxylic acids is 4. The molecule has 0 bridgehead atoms. The van der Waals surface area contributed by atoms with E-state index in [1.165, 1.54) is 4.90 Å². The van der Waals surface area contributed by atoms with E-state index in [9.17, 15) is 24.3 Å². The maximum atomic E-state index is 11.5. The van der Waals surface area contributed by atoms with Crippen LogP contribution in [-0.4, -0.2) is 105 Å². The number of carboxylic acids is 4. The number of carboxylic acid groups (broad SMARTS) is 4. The molecule has 0 aromatic carbocycles. The van der Waals surface area contributed by atoms with Gasteiger partial charge in [-0.25, -0.2) is 0 Å². The maximum Gasteiger partial charge on any atom is 0.320 e. The third-order valence-electron chi connectivity index (χ3n) is 3.62. The van der Waals surface area contributed by atoms with Crippen LogP contribution < -0.4 is 0 Å². The van der Waals surface area contributed by atoms with Crippen LogP contribution in [0.15, 0.2) is 0 Å². The van der Waals surface area contributed by atoms with Crippen LogP contribution in [-0.2, 0) is 19.2 Å². The SMILES string of the molecule is O=C(O)CN(CCN(CC(=O)O)C(CCCCCO)C(=O)O)CC(=O)O. The smallest absolute Gasteiger partial charge is 0.320 e. The molecule has 1 unspecified atom stereocenters. The first-order valence-corrected chi connectivity index (χ1v) is 8.12. The largest absolute Gasteiger partial charge is 0.480 e. The summed E-state index contributed by atoms with van der Waals surface area (Å²) in [6.45, 7) is -1.90. The first-order valence-electron chi connectivity index (χ1n) is 8.12. The lowest BCUT2D eigenvalue weighted by Crippen LogP contribution is -2.48. The fourth-order valence-corrected chi connectivity index (χ4v) is 2.47. The highest BCUT2D eigenvalue weighted by molar-refractivity contribution is 5.75. The number of aliphatic hydroxyl groups is 1. The van der Waals surface area contributed by atoms with Crippen LogP contribution in [0.4, 0.5) is 0 Å². The molecule has 5 N–H and O–H groups in total. The number of rotatable bonds is 16. The van der Waals surface area contributed by atoms with E-state index in [4.69, 9.17) is 20.4 Å². The minimum atomic E-state index is -1.24.